The summed E-state index contributed by atoms with van der Waals surface area (Å²) in [6.45, 7) is 0. The van der Waals surface area contributed by atoms with E-state index in [9.17, 15) is 4.79 Å². The van der Waals surface area contributed by atoms with Crippen LogP contribution in [0.15, 0.2) is 88.5 Å². The van der Waals surface area contributed by atoms with Gasteiger partial charge in [0.25, 0.3) is 5.22 Å². The van der Waals surface area contributed by atoms with E-state index in [0.29, 0.717) is 27.9 Å². The normalized spacial score (nSPS) is 11.7. The highest BCUT2D eigenvalue weighted by Crippen LogP contribution is 2.37. The number of thioether (sulfide) groups is 1. The third-order valence-corrected chi connectivity index (χ3v) is 5.83. The number of methoxy groups -OCH3 is 1. The monoisotopic (exact) mass is 451 g/mol. The number of nitrogens with one attached hydrogen (secondary N) is 1. The van der Waals surface area contributed by atoms with Gasteiger partial charge in [-0.2, -0.15) is 0 Å². The first-order chi connectivity index (χ1) is 15.1. The van der Waals surface area contributed by atoms with E-state index in [-0.39, 0.29) is 11.1 Å². The Morgan fingerprint density at radius 3 is 2.58 bits per heavy atom. The highest BCUT2D eigenvalue weighted by molar-refractivity contribution is 8.00. The summed E-state index contributed by atoms with van der Waals surface area (Å²) in [5.41, 5.74) is 2.08. The van der Waals surface area contributed by atoms with Crippen molar-refractivity contribution in [1.29, 1.82) is 0 Å². The van der Waals surface area contributed by atoms with Gasteiger partial charge in [-0.15, -0.1) is 10.2 Å². The van der Waals surface area contributed by atoms with E-state index < -0.39 is 5.25 Å². The zero-order valence-corrected chi connectivity index (χ0v) is 18.1. The van der Waals surface area contributed by atoms with Crippen molar-refractivity contribution in [3.05, 3.63) is 89.4 Å². The summed E-state index contributed by atoms with van der Waals surface area (Å²) < 4.78 is 11.0. The van der Waals surface area contributed by atoms with Gasteiger partial charge < -0.3 is 14.5 Å². The smallest absolute Gasteiger partial charge is 0.277 e. The molecule has 3 aromatic carbocycles. The maximum atomic E-state index is 13.2. The van der Waals surface area contributed by atoms with Gasteiger partial charge in [-0.05, 0) is 41.6 Å². The number of aromatic nitrogens is 2. The number of anilines is 1. The van der Waals surface area contributed by atoms with E-state index in [0.717, 1.165) is 5.56 Å². The van der Waals surface area contributed by atoms with E-state index >= 15 is 0 Å². The Balaban J connectivity index is 1.59. The molecule has 1 heterocycles. The van der Waals surface area contributed by atoms with Gasteiger partial charge in [-0.1, -0.05) is 60.1 Å². The lowest BCUT2D eigenvalue weighted by atomic mass is 10.1. The van der Waals surface area contributed by atoms with Crippen molar-refractivity contribution in [1.82, 2.24) is 10.2 Å². The lowest BCUT2D eigenvalue weighted by Gasteiger charge is -2.15. The van der Waals surface area contributed by atoms with Gasteiger partial charge >= 0.3 is 0 Å². The Morgan fingerprint density at radius 1 is 1.03 bits per heavy atom. The highest BCUT2D eigenvalue weighted by atomic mass is 35.5. The van der Waals surface area contributed by atoms with Crippen LogP contribution in [0.5, 0.6) is 5.75 Å². The summed E-state index contributed by atoms with van der Waals surface area (Å²) in [6.07, 6.45) is 0. The number of hydrogen-bond donors (Lipinski definition) is 1. The summed E-state index contributed by atoms with van der Waals surface area (Å²) in [4.78, 5) is 13.2. The van der Waals surface area contributed by atoms with Crippen molar-refractivity contribution >= 4 is 35.0 Å². The van der Waals surface area contributed by atoms with E-state index in [1.807, 2.05) is 54.6 Å². The van der Waals surface area contributed by atoms with Crippen LogP contribution < -0.4 is 10.1 Å². The molecular weight excluding hydrogens is 434 g/mol. The van der Waals surface area contributed by atoms with E-state index in [1.165, 1.54) is 11.8 Å². The number of carbonyl (C=O) groups excluding carboxylic acids is 1. The van der Waals surface area contributed by atoms with Crippen LogP contribution in [0.1, 0.15) is 10.8 Å². The highest BCUT2D eigenvalue weighted by Gasteiger charge is 2.25. The summed E-state index contributed by atoms with van der Waals surface area (Å²) in [5, 5.41) is 11.3. The zero-order valence-electron chi connectivity index (χ0n) is 16.5. The lowest BCUT2D eigenvalue weighted by Crippen LogP contribution is -2.19. The van der Waals surface area contributed by atoms with Gasteiger partial charge in [0.05, 0.1) is 17.7 Å². The fraction of sp³-hybridized carbons (Fsp3) is 0.0870. The number of halogens is 1. The first kappa shape index (κ1) is 21.0. The van der Waals surface area contributed by atoms with Gasteiger partial charge in [-0.3, -0.25) is 4.79 Å². The largest absolute Gasteiger partial charge is 0.497 e. The van der Waals surface area contributed by atoms with Crippen LogP contribution in [0, 0.1) is 0 Å². The molecule has 1 N–H and O–H groups in total. The predicted octanol–water partition coefficient (Wildman–Crippen LogP) is 5.87. The van der Waals surface area contributed by atoms with Crippen LogP contribution in [0.3, 0.4) is 0 Å². The van der Waals surface area contributed by atoms with Gasteiger partial charge in [0.15, 0.2) is 0 Å². The quantitative estimate of drug-likeness (QED) is 0.354. The number of ether oxygens (including phenoxy) is 1. The molecule has 0 fully saturated rings. The molecule has 4 rings (SSSR count). The maximum Gasteiger partial charge on any atom is 0.277 e. The standard InChI is InChI=1S/C23H18ClN3O3S/c1-29-17-11-7-10-16(14-17)25-21(28)20(15-8-3-2-4-9-15)31-23-27-26-22(30-23)18-12-5-6-13-19(18)24/h2-14,20H,1H3,(H,25,28)/t20-/m0/s1. The Hall–Kier alpha value is -3.29. The van der Waals surface area contributed by atoms with Gasteiger partial charge in [-0.25, -0.2) is 0 Å². The molecule has 0 saturated heterocycles. The van der Waals surface area contributed by atoms with Crippen LogP contribution in [-0.2, 0) is 4.79 Å². The van der Waals surface area contributed by atoms with Gasteiger partial charge in [0, 0.05) is 11.8 Å². The number of amides is 1. The van der Waals surface area contributed by atoms with Crippen LogP contribution in [-0.4, -0.2) is 23.2 Å². The molecule has 8 heteroatoms. The summed E-state index contributed by atoms with van der Waals surface area (Å²) in [6, 6.07) is 23.8. The van der Waals surface area contributed by atoms with Crippen LogP contribution in [0.2, 0.25) is 5.02 Å². The minimum Gasteiger partial charge on any atom is -0.497 e. The predicted molar refractivity (Wildman–Crippen MR) is 121 cm³/mol. The molecule has 0 aliphatic carbocycles. The van der Waals surface area contributed by atoms with Crippen LogP contribution >= 0.6 is 23.4 Å². The lowest BCUT2D eigenvalue weighted by molar-refractivity contribution is -0.115. The Bertz CT molecular complexity index is 1180. The molecule has 0 radical (unpaired) electrons. The van der Waals surface area contributed by atoms with Gasteiger partial charge in [0.2, 0.25) is 11.8 Å². The number of hydrogen-bond acceptors (Lipinski definition) is 6. The molecule has 1 aromatic heterocycles. The number of carbonyl (C=O) groups is 1. The van der Waals surface area contributed by atoms with Crippen molar-refractivity contribution in [2.45, 2.75) is 10.5 Å². The van der Waals surface area contributed by atoms with Crippen molar-refractivity contribution in [2.75, 3.05) is 12.4 Å². The topological polar surface area (TPSA) is 77.2 Å². The van der Waals surface area contributed by atoms with E-state index in [1.54, 1.807) is 31.4 Å². The fourth-order valence-corrected chi connectivity index (χ4v) is 4.00. The van der Waals surface area contributed by atoms with E-state index in [4.69, 9.17) is 20.8 Å². The van der Waals surface area contributed by atoms with Crippen molar-refractivity contribution in [3.8, 4) is 17.2 Å². The second-order valence-electron chi connectivity index (χ2n) is 6.48. The molecule has 4 aromatic rings. The molecule has 6 nitrogen and oxygen atoms in total. The maximum absolute atomic E-state index is 13.2. The molecule has 1 atom stereocenters. The summed E-state index contributed by atoms with van der Waals surface area (Å²) in [7, 11) is 1.58. The van der Waals surface area contributed by atoms with Gasteiger partial charge in [0.1, 0.15) is 11.0 Å². The summed E-state index contributed by atoms with van der Waals surface area (Å²) in [5.74, 6) is 0.734. The Labute approximate surface area is 188 Å². The second kappa shape index (κ2) is 9.68. The van der Waals surface area contributed by atoms with Crippen LogP contribution in [0.25, 0.3) is 11.5 Å². The molecule has 0 bridgehead atoms. The second-order valence-corrected chi connectivity index (χ2v) is 7.95. The SMILES string of the molecule is COc1cccc(NC(=O)[C@@H](Sc2nnc(-c3ccccc3Cl)o2)c2ccccc2)c1. The molecule has 0 spiro atoms. The molecule has 0 saturated carbocycles. The zero-order chi connectivity index (χ0) is 21.6. The van der Waals surface area contributed by atoms with Crippen molar-refractivity contribution < 1.29 is 13.9 Å². The average molecular weight is 452 g/mol. The molecule has 156 valence electrons. The number of rotatable bonds is 7. The number of nitrogens with zero attached hydrogens (tertiary/aromatic N) is 2. The Morgan fingerprint density at radius 2 is 1.81 bits per heavy atom. The molecule has 0 unspecified atom stereocenters. The summed E-state index contributed by atoms with van der Waals surface area (Å²) >= 11 is 7.40. The number of benzene rings is 3. The minimum absolute atomic E-state index is 0.220. The fourth-order valence-electron chi connectivity index (χ4n) is 2.91. The molecular formula is C23H18ClN3O3S. The van der Waals surface area contributed by atoms with Crippen molar-refractivity contribution in [3.63, 3.8) is 0 Å². The van der Waals surface area contributed by atoms with E-state index in [2.05, 4.69) is 15.5 Å². The first-order valence-corrected chi connectivity index (χ1v) is 10.6. The van der Waals surface area contributed by atoms with Crippen molar-refractivity contribution in [2.24, 2.45) is 0 Å². The average Bonchev–Trinajstić information content (AvgIpc) is 3.27. The molecule has 1 amide bonds. The third kappa shape index (κ3) is 5.07. The molecule has 31 heavy (non-hydrogen) atoms. The Kier molecular flexibility index (Phi) is 6.54. The first-order valence-electron chi connectivity index (χ1n) is 9.39. The van der Waals surface area contributed by atoms with Crippen LogP contribution in [0.4, 0.5) is 5.69 Å². The molecule has 0 aliphatic rings. The molecule has 0 aliphatic heterocycles. The third-order valence-electron chi connectivity index (χ3n) is 4.41. The minimum atomic E-state index is -0.605.